The molecule has 9 nitrogen and oxygen atoms in total. The summed E-state index contributed by atoms with van der Waals surface area (Å²) in [4.78, 5) is 22.1. The van der Waals surface area contributed by atoms with Crippen LogP contribution in [0.15, 0.2) is 0 Å². The highest BCUT2D eigenvalue weighted by atomic mass is 31.2. The van der Waals surface area contributed by atoms with Crippen LogP contribution in [0.1, 0.15) is 27.7 Å². The summed E-state index contributed by atoms with van der Waals surface area (Å²) < 4.78 is 56.4. The molecule has 4 atom stereocenters. The Hall–Kier alpha value is -1.06. The Bertz CT molecular complexity index is 476. The lowest BCUT2D eigenvalue weighted by Crippen LogP contribution is -2.36. The zero-order chi connectivity index (χ0) is 18.3. The van der Waals surface area contributed by atoms with Crippen molar-refractivity contribution in [1.82, 2.24) is 0 Å². The molecule has 0 bridgehead atoms. The molecular formula is C13H22FO9P. The van der Waals surface area contributed by atoms with Crippen molar-refractivity contribution in [3.8, 4) is 0 Å². The van der Waals surface area contributed by atoms with Crippen LogP contribution in [0.4, 0.5) is 4.39 Å². The summed E-state index contributed by atoms with van der Waals surface area (Å²) in [5.74, 6) is -1.56. The second-order valence-corrected chi connectivity index (χ2v) is 6.74. The second-order valence-electron chi connectivity index (χ2n) is 4.74. The minimum Gasteiger partial charge on any atom is -0.454 e. The molecule has 0 aromatic heterocycles. The molecule has 1 saturated heterocycles. The van der Waals surface area contributed by atoms with E-state index in [4.69, 9.17) is 23.3 Å². The van der Waals surface area contributed by atoms with Crippen LogP contribution in [0.3, 0.4) is 0 Å². The van der Waals surface area contributed by atoms with Crippen molar-refractivity contribution in [2.45, 2.75) is 52.6 Å². The van der Waals surface area contributed by atoms with Crippen LogP contribution >= 0.6 is 7.60 Å². The van der Waals surface area contributed by atoms with Crippen LogP contribution in [0.5, 0.6) is 0 Å². The highest BCUT2D eigenvalue weighted by Gasteiger charge is 2.51. The number of hydrogen-bond donors (Lipinski definition) is 0. The Morgan fingerprint density at radius 2 is 1.58 bits per heavy atom. The lowest BCUT2D eigenvalue weighted by molar-refractivity contribution is -0.217. The van der Waals surface area contributed by atoms with Gasteiger partial charge in [0.05, 0.1) is 13.2 Å². The van der Waals surface area contributed by atoms with E-state index in [9.17, 15) is 18.5 Å². The number of rotatable bonds is 9. The molecule has 0 unspecified atom stereocenters. The van der Waals surface area contributed by atoms with E-state index >= 15 is 0 Å². The molecule has 1 aliphatic heterocycles. The van der Waals surface area contributed by atoms with Crippen molar-refractivity contribution < 1.29 is 46.5 Å². The third-order valence-corrected chi connectivity index (χ3v) is 4.51. The van der Waals surface area contributed by atoms with E-state index in [0.29, 0.717) is 0 Å². The van der Waals surface area contributed by atoms with Gasteiger partial charge < -0.3 is 28.0 Å². The first-order valence-electron chi connectivity index (χ1n) is 7.36. The van der Waals surface area contributed by atoms with Crippen LogP contribution < -0.4 is 0 Å². The van der Waals surface area contributed by atoms with Crippen LogP contribution in [-0.4, -0.2) is 56.4 Å². The fourth-order valence-corrected chi connectivity index (χ4v) is 3.30. The van der Waals surface area contributed by atoms with Crippen LogP contribution in [0, 0.1) is 0 Å². The van der Waals surface area contributed by atoms with E-state index in [1.165, 1.54) is 0 Å². The van der Waals surface area contributed by atoms with E-state index in [2.05, 4.69) is 4.74 Å². The number of alkyl halides is 1. The molecule has 24 heavy (non-hydrogen) atoms. The predicted octanol–water partition coefficient (Wildman–Crippen LogP) is 1.74. The second kappa shape index (κ2) is 9.43. The van der Waals surface area contributed by atoms with Crippen molar-refractivity contribution in [2.24, 2.45) is 0 Å². The van der Waals surface area contributed by atoms with Gasteiger partial charge in [0.1, 0.15) is 0 Å². The Balaban J connectivity index is 2.79. The zero-order valence-corrected chi connectivity index (χ0v) is 14.8. The third kappa shape index (κ3) is 6.10. The lowest BCUT2D eigenvalue weighted by Gasteiger charge is -2.22. The maximum atomic E-state index is 14.2. The van der Waals surface area contributed by atoms with E-state index in [1.807, 2.05) is 0 Å². The normalized spacial score (nSPS) is 27.0. The molecule has 0 aromatic rings. The first-order chi connectivity index (χ1) is 11.2. The van der Waals surface area contributed by atoms with Gasteiger partial charge in [0.25, 0.3) is 0 Å². The van der Waals surface area contributed by atoms with Crippen LogP contribution in [0.25, 0.3) is 0 Å². The van der Waals surface area contributed by atoms with Gasteiger partial charge in [-0.15, -0.1) is 0 Å². The maximum Gasteiger partial charge on any atom is 0.356 e. The first kappa shape index (κ1) is 21.0. The SMILES string of the molecule is CCOP(=O)(CO[C@H]1O[C@@H](OC(C)=O)[C@@H](F)[C@H]1OC(C)=O)OCC. The van der Waals surface area contributed by atoms with Gasteiger partial charge in [-0.1, -0.05) is 0 Å². The highest BCUT2D eigenvalue weighted by molar-refractivity contribution is 7.53. The molecule has 0 saturated carbocycles. The largest absolute Gasteiger partial charge is 0.454 e. The molecule has 1 rings (SSSR count). The summed E-state index contributed by atoms with van der Waals surface area (Å²) in [5.41, 5.74) is 0. The number of hydrogen-bond acceptors (Lipinski definition) is 9. The van der Waals surface area contributed by atoms with Crippen molar-refractivity contribution in [3.63, 3.8) is 0 Å². The van der Waals surface area contributed by atoms with Gasteiger partial charge in [0.15, 0.2) is 12.5 Å². The molecule has 0 radical (unpaired) electrons. The quantitative estimate of drug-likeness (QED) is 0.442. The third-order valence-electron chi connectivity index (χ3n) is 2.74. The molecule has 0 aromatic carbocycles. The Kier molecular flexibility index (Phi) is 8.24. The summed E-state index contributed by atoms with van der Waals surface area (Å²) in [6.07, 6.45) is -7.01. The Morgan fingerprint density at radius 3 is 2.04 bits per heavy atom. The summed E-state index contributed by atoms with van der Waals surface area (Å²) in [7, 11) is -3.57. The Morgan fingerprint density at radius 1 is 1.04 bits per heavy atom. The van der Waals surface area contributed by atoms with E-state index in [0.717, 1.165) is 13.8 Å². The highest BCUT2D eigenvalue weighted by Crippen LogP contribution is 2.48. The van der Waals surface area contributed by atoms with E-state index < -0.39 is 50.7 Å². The van der Waals surface area contributed by atoms with Crippen molar-refractivity contribution >= 4 is 19.5 Å². The van der Waals surface area contributed by atoms with Gasteiger partial charge in [-0.25, -0.2) is 4.39 Å². The maximum absolute atomic E-state index is 14.2. The topological polar surface area (TPSA) is 107 Å². The zero-order valence-electron chi connectivity index (χ0n) is 13.9. The van der Waals surface area contributed by atoms with Crippen molar-refractivity contribution in [2.75, 3.05) is 19.6 Å². The van der Waals surface area contributed by atoms with Gasteiger partial charge >= 0.3 is 19.5 Å². The summed E-state index contributed by atoms with van der Waals surface area (Å²) in [6.45, 7) is 5.61. The molecule has 0 N–H and O–H groups in total. The fraction of sp³-hybridized carbons (Fsp3) is 0.846. The monoisotopic (exact) mass is 372 g/mol. The predicted molar refractivity (Wildman–Crippen MR) is 77.7 cm³/mol. The molecule has 1 fully saturated rings. The molecular weight excluding hydrogens is 350 g/mol. The van der Waals surface area contributed by atoms with Gasteiger partial charge in [-0.3, -0.25) is 14.2 Å². The number of carbonyl (C=O) groups excluding carboxylic acids is 2. The van der Waals surface area contributed by atoms with Crippen molar-refractivity contribution in [1.29, 1.82) is 0 Å². The lowest BCUT2D eigenvalue weighted by atomic mass is 10.2. The molecule has 1 aliphatic rings. The van der Waals surface area contributed by atoms with E-state index in [-0.39, 0.29) is 13.2 Å². The molecule has 140 valence electrons. The van der Waals surface area contributed by atoms with Gasteiger partial charge in [-0.05, 0) is 13.8 Å². The summed E-state index contributed by atoms with van der Waals surface area (Å²) >= 11 is 0. The minimum atomic E-state index is -3.57. The minimum absolute atomic E-state index is 0.112. The number of carbonyl (C=O) groups is 2. The van der Waals surface area contributed by atoms with Gasteiger partial charge in [0.2, 0.25) is 18.8 Å². The van der Waals surface area contributed by atoms with Gasteiger partial charge in [-0.2, -0.15) is 0 Å². The van der Waals surface area contributed by atoms with E-state index in [1.54, 1.807) is 13.8 Å². The molecule has 0 aliphatic carbocycles. The smallest absolute Gasteiger partial charge is 0.356 e. The molecule has 0 amide bonds. The fourth-order valence-electron chi connectivity index (χ4n) is 1.96. The average molecular weight is 372 g/mol. The number of esters is 2. The molecule has 11 heteroatoms. The first-order valence-corrected chi connectivity index (χ1v) is 9.09. The summed E-state index contributed by atoms with van der Waals surface area (Å²) in [5, 5.41) is 0. The summed E-state index contributed by atoms with van der Waals surface area (Å²) in [6, 6.07) is 0. The number of halogens is 1. The molecule has 1 heterocycles. The van der Waals surface area contributed by atoms with Crippen molar-refractivity contribution in [3.05, 3.63) is 0 Å². The molecule has 0 spiro atoms. The number of ether oxygens (including phenoxy) is 4. The van der Waals surface area contributed by atoms with Gasteiger partial charge in [0, 0.05) is 13.8 Å². The van der Waals surface area contributed by atoms with Crippen LogP contribution in [0.2, 0.25) is 0 Å². The average Bonchev–Trinajstić information content (AvgIpc) is 2.73. The van der Waals surface area contributed by atoms with Crippen LogP contribution in [-0.2, 0) is 42.1 Å². The standard InChI is InChI=1S/C13H22FO9P/c1-5-19-24(17,20-6-2)7-18-13-11(21-8(3)15)10(14)12(23-13)22-9(4)16/h10-13H,5-7H2,1-4H3/t10-,11+,12+,13-/m0/s1. The Labute approximate surface area is 139 Å².